The predicted molar refractivity (Wildman–Crippen MR) is 86.3 cm³/mol. The summed E-state index contributed by atoms with van der Waals surface area (Å²) < 4.78 is 20.1. The molecule has 1 aromatic carbocycles. The number of amides is 1. The zero-order valence-corrected chi connectivity index (χ0v) is 13.8. The average Bonchev–Trinajstić information content (AvgIpc) is 3.36. The van der Waals surface area contributed by atoms with Crippen molar-refractivity contribution < 1.29 is 28.0 Å². The van der Waals surface area contributed by atoms with E-state index in [0.29, 0.717) is 17.1 Å². The Balaban J connectivity index is 1.51. The van der Waals surface area contributed by atoms with Crippen LogP contribution in [0.25, 0.3) is 0 Å². The number of nitrogens with zero attached hydrogens (tertiary/aromatic N) is 2. The Hall–Kier alpha value is -3.62. The van der Waals surface area contributed by atoms with Crippen molar-refractivity contribution in [2.75, 3.05) is 7.11 Å². The van der Waals surface area contributed by atoms with E-state index >= 15 is 0 Å². The molecule has 26 heavy (non-hydrogen) atoms. The van der Waals surface area contributed by atoms with Crippen molar-refractivity contribution in [2.45, 2.75) is 13.2 Å². The van der Waals surface area contributed by atoms with E-state index < -0.39 is 11.9 Å². The molecule has 0 spiro atoms. The highest BCUT2D eigenvalue weighted by molar-refractivity contribution is 5.89. The van der Waals surface area contributed by atoms with Crippen LogP contribution in [-0.4, -0.2) is 29.1 Å². The topological polar surface area (TPSA) is 117 Å². The Bertz CT molecular complexity index is 870. The molecule has 0 radical (unpaired) electrons. The summed E-state index contributed by atoms with van der Waals surface area (Å²) in [7, 11) is 1.31. The molecule has 1 N–H and O–H groups in total. The van der Waals surface area contributed by atoms with E-state index in [1.807, 2.05) is 0 Å². The summed E-state index contributed by atoms with van der Waals surface area (Å²) >= 11 is 0. The van der Waals surface area contributed by atoms with Crippen LogP contribution in [0.15, 0.2) is 51.6 Å². The largest absolute Gasteiger partial charge is 0.485 e. The zero-order valence-electron chi connectivity index (χ0n) is 13.8. The van der Waals surface area contributed by atoms with Crippen LogP contribution in [0.1, 0.15) is 32.6 Å². The van der Waals surface area contributed by atoms with Gasteiger partial charge in [-0.1, -0.05) is 5.16 Å². The lowest BCUT2D eigenvalue weighted by Gasteiger charge is -2.04. The van der Waals surface area contributed by atoms with Gasteiger partial charge in [-0.2, -0.15) is 4.98 Å². The van der Waals surface area contributed by atoms with Crippen LogP contribution in [0, 0.1) is 0 Å². The van der Waals surface area contributed by atoms with Gasteiger partial charge >= 0.3 is 17.8 Å². The maximum absolute atomic E-state index is 11.9. The van der Waals surface area contributed by atoms with Gasteiger partial charge < -0.3 is 23.7 Å². The highest BCUT2D eigenvalue weighted by atomic mass is 16.5. The number of hydrogen-bond acceptors (Lipinski definition) is 8. The number of esters is 1. The molecule has 2 heterocycles. The van der Waals surface area contributed by atoms with E-state index in [4.69, 9.17) is 13.7 Å². The molecule has 0 saturated heterocycles. The maximum atomic E-state index is 11.9. The normalized spacial score (nSPS) is 10.3. The Morgan fingerprint density at radius 1 is 1.19 bits per heavy atom. The molecule has 3 aromatic rings. The van der Waals surface area contributed by atoms with Crippen LogP contribution in [0.2, 0.25) is 0 Å². The van der Waals surface area contributed by atoms with E-state index in [-0.39, 0.29) is 24.9 Å². The third-order valence-corrected chi connectivity index (χ3v) is 3.31. The van der Waals surface area contributed by atoms with Gasteiger partial charge in [0.05, 0.1) is 25.5 Å². The first kappa shape index (κ1) is 17.2. The molecule has 1 amide bonds. The highest BCUT2D eigenvalue weighted by Gasteiger charge is 2.15. The van der Waals surface area contributed by atoms with Crippen LogP contribution < -0.4 is 10.1 Å². The molecule has 0 atom stereocenters. The van der Waals surface area contributed by atoms with Gasteiger partial charge in [0.15, 0.2) is 6.61 Å². The first-order chi connectivity index (χ1) is 12.7. The fourth-order valence-corrected chi connectivity index (χ4v) is 2.01. The van der Waals surface area contributed by atoms with Crippen molar-refractivity contribution in [2.24, 2.45) is 0 Å². The molecular weight excluding hydrogens is 342 g/mol. The summed E-state index contributed by atoms with van der Waals surface area (Å²) in [6, 6.07) is 9.84. The molecule has 134 valence electrons. The van der Waals surface area contributed by atoms with Gasteiger partial charge in [-0.05, 0) is 36.4 Å². The molecule has 0 saturated carbocycles. The van der Waals surface area contributed by atoms with E-state index in [9.17, 15) is 9.59 Å². The Morgan fingerprint density at radius 3 is 2.69 bits per heavy atom. The minimum atomic E-state index is -0.511. The van der Waals surface area contributed by atoms with Crippen LogP contribution >= 0.6 is 0 Å². The Labute approximate surface area is 147 Å². The summed E-state index contributed by atoms with van der Waals surface area (Å²) in [5.41, 5.74) is 0.412. The second-order valence-corrected chi connectivity index (χ2v) is 5.08. The number of ether oxygens (including phenoxy) is 2. The minimum absolute atomic E-state index is 0.00648. The fourth-order valence-electron chi connectivity index (χ4n) is 2.01. The highest BCUT2D eigenvalue weighted by Crippen LogP contribution is 2.14. The van der Waals surface area contributed by atoms with Gasteiger partial charge in [0.2, 0.25) is 5.82 Å². The number of carbonyl (C=O) groups is 2. The van der Waals surface area contributed by atoms with Gasteiger partial charge in [-0.3, -0.25) is 4.79 Å². The number of carbonyl (C=O) groups excluding carboxylic acids is 2. The van der Waals surface area contributed by atoms with Gasteiger partial charge in [0.1, 0.15) is 11.5 Å². The number of aromatic nitrogens is 2. The van der Waals surface area contributed by atoms with Gasteiger partial charge in [0, 0.05) is 0 Å². The SMILES string of the molecule is COC(=O)c1ccc(OCc2noc(C(=O)NCc3ccco3)n2)cc1. The standard InChI is InChI=1S/C17H15N3O6/c1-23-17(22)11-4-6-12(7-5-11)25-10-14-19-16(26-20-14)15(21)18-9-13-3-2-8-24-13/h2-8H,9-10H2,1H3,(H,18,21). The molecular formula is C17H15N3O6. The van der Waals surface area contributed by atoms with Gasteiger partial charge in [-0.15, -0.1) is 0 Å². The van der Waals surface area contributed by atoms with Crippen LogP contribution in [0.3, 0.4) is 0 Å². The van der Waals surface area contributed by atoms with Crippen LogP contribution in [0.4, 0.5) is 0 Å². The maximum Gasteiger partial charge on any atom is 0.337 e. The number of hydrogen-bond donors (Lipinski definition) is 1. The van der Waals surface area contributed by atoms with Crippen molar-refractivity contribution >= 4 is 11.9 Å². The minimum Gasteiger partial charge on any atom is -0.485 e. The summed E-state index contributed by atoms with van der Waals surface area (Å²) in [5.74, 6) is 0.215. The summed E-state index contributed by atoms with van der Waals surface area (Å²) in [6.45, 7) is 0.221. The van der Waals surface area contributed by atoms with Crippen molar-refractivity contribution in [3.05, 3.63) is 65.7 Å². The van der Waals surface area contributed by atoms with Crippen molar-refractivity contribution in [3.8, 4) is 5.75 Å². The lowest BCUT2D eigenvalue weighted by atomic mass is 10.2. The summed E-state index contributed by atoms with van der Waals surface area (Å²) in [4.78, 5) is 27.2. The second kappa shape index (κ2) is 7.97. The monoisotopic (exact) mass is 357 g/mol. The Morgan fingerprint density at radius 2 is 2.00 bits per heavy atom. The number of methoxy groups -OCH3 is 1. The van der Waals surface area contributed by atoms with Crippen LogP contribution in [-0.2, 0) is 17.9 Å². The van der Waals surface area contributed by atoms with E-state index in [0.717, 1.165) is 0 Å². The number of nitrogens with one attached hydrogen (secondary N) is 1. The summed E-state index contributed by atoms with van der Waals surface area (Å²) in [6.07, 6.45) is 1.52. The fraction of sp³-hybridized carbons (Fsp3) is 0.176. The molecule has 9 heteroatoms. The van der Waals surface area contributed by atoms with E-state index in [1.165, 1.54) is 13.4 Å². The van der Waals surface area contributed by atoms with E-state index in [2.05, 4.69) is 20.2 Å². The smallest absolute Gasteiger partial charge is 0.337 e. The quantitative estimate of drug-likeness (QED) is 0.638. The average molecular weight is 357 g/mol. The third kappa shape index (κ3) is 4.26. The first-order valence-corrected chi connectivity index (χ1v) is 7.60. The van der Waals surface area contributed by atoms with Crippen LogP contribution in [0.5, 0.6) is 5.75 Å². The lowest BCUT2D eigenvalue weighted by Crippen LogP contribution is -2.22. The lowest BCUT2D eigenvalue weighted by molar-refractivity contribution is 0.0600. The van der Waals surface area contributed by atoms with Gasteiger partial charge in [-0.25, -0.2) is 4.79 Å². The van der Waals surface area contributed by atoms with Gasteiger partial charge in [0.25, 0.3) is 0 Å². The van der Waals surface area contributed by atoms with Crippen molar-refractivity contribution in [1.29, 1.82) is 0 Å². The third-order valence-electron chi connectivity index (χ3n) is 3.31. The first-order valence-electron chi connectivity index (χ1n) is 7.60. The predicted octanol–water partition coefficient (Wildman–Crippen LogP) is 1.96. The van der Waals surface area contributed by atoms with E-state index in [1.54, 1.807) is 36.4 Å². The summed E-state index contributed by atoms with van der Waals surface area (Å²) in [5, 5.41) is 6.28. The number of furan rings is 1. The molecule has 3 rings (SSSR count). The molecule has 0 fully saturated rings. The zero-order chi connectivity index (χ0) is 18.4. The van der Waals surface area contributed by atoms with Crippen molar-refractivity contribution in [3.63, 3.8) is 0 Å². The Kier molecular flexibility index (Phi) is 5.28. The molecule has 0 aliphatic rings. The molecule has 2 aromatic heterocycles. The number of benzene rings is 1. The van der Waals surface area contributed by atoms with Crippen molar-refractivity contribution in [1.82, 2.24) is 15.5 Å². The molecule has 0 unspecified atom stereocenters. The molecule has 0 bridgehead atoms. The molecule has 9 nitrogen and oxygen atoms in total. The molecule has 0 aliphatic carbocycles. The second-order valence-electron chi connectivity index (χ2n) is 5.08. The number of rotatable bonds is 7. The molecule has 0 aliphatic heterocycles.